The first-order valence-electron chi connectivity index (χ1n) is 6.60. The summed E-state index contributed by atoms with van der Waals surface area (Å²) in [4.78, 5) is 12.3. The molecule has 2 nitrogen and oxygen atoms in total. The minimum atomic E-state index is 0.0234. The third kappa shape index (κ3) is 2.88. The molecule has 0 aliphatic rings. The van der Waals surface area contributed by atoms with Gasteiger partial charge in [-0.1, -0.05) is 36.4 Å². The highest BCUT2D eigenvalue weighted by atomic mass is 32.1. The second kappa shape index (κ2) is 5.94. The van der Waals surface area contributed by atoms with Crippen molar-refractivity contribution < 1.29 is 9.53 Å². The molecule has 0 aliphatic heterocycles. The Kier molecular flexibility index (Phi) is 3.84. The molecule has 0 atom stereocenters. The van der Waals surface area contributed by atoms with Gasteiger partial charge in [0.25, 0.3) is 0 Å². The minimum absolute atomic E-state index is 0.0234. The summed E-state index contributed by atoms with van der Waals surface area (Å²) in [5, 5.41) is 2.94. The predicted molar refractivity (Wildman–Crippen MR) is 88.2 cm³/mol. The molecular formula is C18H14O2S. The van der Waals surface area contributed by atoms with Crippen LogP contribution in [-0.2, 0) is 0 Å². The maximum atomic E-state index is 12.3. The molecule has 21 heavy (non-hydrogen) atoms. The van der Waals surface area contributed by atoms with E-state index >= 15 is 0 Å². The van der Waals surface area contributed by atoms with E-state index in [9.17, 15) is 4.79 Å². The molecule has 0 unspecified atom stereocenters. The predicted octanol–water partition coefficient (Wildman–Crippen LogP) is 4.81. The molecule has 3 aromatic rings. The van der Waals surface area contributed by atoms with Crippen LogP contribution in [0.3, 0.4) is 0 Å². The van der Waals surface area contributed by atoms with Crippen LogP contribution >= 0.6 is 11.3 Å². The van der Waals surface area contributed by atoms with Crippen LogP contribution in [0.25, 0.3) is 16.2 Å². The van der Waals surface area contributed by atoms with E-state index in [-0.39, 0.29) is 5.78 Å². The quantitative estimate of drug-likeness (QED) is 0.510. The highest BCUT2D eigenvalue weighted by Crippen LogP contribution is 2.26. The molecule has 0 fully saturated rings. The number of allylic oxidation sites excluding steroid dienone is 1. The van der Waals surface area contributed by atoms with Crippen molar-refractivity contribution in [3.63, 3.8) is 0 Å². The molecule has 0 N–H and O–H groups in total. The number of methoxy groups -OCH3 is 1. The van der Waals surface area contributed by atoms with Gasteiger partial charge in [0.2, 0.25) is 0 Å². The molecule has 0 amide bonds. The Morgan fingerprint density at radius 3 is 2.86 bits per heavy atom. The lowest BCUT2D eigenvalue weighted by atomic mass is 10.1. The molecular weight excluding hydrogens is 280 g/mol. The van der Waals surface area contributed by atoms with Crippen LogP contribution < -0.4 is 4.74 Å². The Balaban J connectivity index is 1.87. The maximum absolute atomic E-state index is 12.3. The third-order valence-electron chi connectivity index (χ3n) is 3.27. The molecule has 1 heterocycles. The zero-order valence-electron chi connectivity index (χ0n) is 11.6. The lowest BCUT2D eigenvalue weighted by molar-refractivity contribution is 0.104. The molecule has 0 spiro atoms. The topological polar surface area (TPSA) is 26.3 Å². The smallest absolute Gasteiger partial charge is 0.187 e. The molecule has 0 radical (unpaired) electrons. The van der Waals surface area contributed by atoms with Gasteiger partial charge >= 0.3 is 0 Å². The summed E-state index contributed by atoms with van der Waals surface area (Å²) in [6.45, 7) is 0. The van der Waals surface area contributed by atoms with Crippen LogP contribution in [-0.4, -0.2) is 12.9 Å². The molecule has 0 aliphatic carbocycles. The number of rotatable bonds is 4. The van der Waals surface area contributed by atoms with Gasteiger partial charge in [-0.15, -0.1) is 11.3 Å². The van der Waals surface area contributed by atoms with E-state index in [1.807, 2.05) is 60.0 Å². The Morgan fingerprint density at radius 1 is 1.14 bits per heavy atom. The molecule has 3 heteroatoms. The maximum Gasteiger partial charge on any atom is 0.187 e. The summed E-state index contributed by atoms with van der Waals surface area (Å²) < 4.78 is 6.31. The van der Waals surface area contributed by atoms with E-state index in [0.717, 1.165) is 27.0 Å². The lowest BCUT2D eigenvalue weighted by Gasteiger charge is -2.00. The fraction of sp³-hybridized carbons (Fsp3) is 0.0556. The summed E-state index contributed by atoms with van der Waals surface area (Å²) in [5.74, 6) is 0.806. The van der Waals surface area contributed by atoms with Crippen molar-refractivity contribution in [3.05, 3.63) is 71.1 Å². The molecule has 104 valence electrons. The Labute approximate surface area is 127 Å². The van der Waals surface area contributed by atoms with Crippen molar-refractivity contribution in [2.75, 3.05) is 7.11 Å². The highest BCUT2D eigenvalue weighted by Gasteiger charge is 2.08. The number of carbonyl (C=O) groups is 1. The van der Waals surface area contributed by atoms with Gasteiger partial charge in [0.1, 0.15) is 5.75 Å². The summed E-state index contributed by atoms with van der Waals surface area (Å²) in [7, 11) is 1.63. The van der Waals surface area contributed by atoms with Crippen LogP contribution in [0.1, 0.15) is 15.9 Å². The van der Waals surface area contributed by atoms with E-state index in [4.69, 9.17) is 4.74 Å². The number of fused-ring (bicyclic) bond motifs is 1. The summed E-state index contributed by atoms with van der Waals surface area (Å²) in [5.41, 5.74) is 1.71. The second-order valence-corrected chi connectivity index (χ2v) is 5.53. The number of carbonyl (C=O) groups excluding carboxylic acids is 1. The van der Waals surface area contributed by atoms with Crippen molar-refractivity contribution in [3.8, 4) is 5.75 Å². The monoisotopic (exact) mass is 294 g/mol. The third-order valence-corrected chi connectivity index (χ3v) is 4.23. The van der Waals surface area contributed by atoms with E-state index in [1.165, 1.54) is 0 Å². The molecule has 1 aromatic heterocycles. The van der Waals surface area contributed by atoms with E-state index < -0.39 is 0 Å². The first-order valence-corrected chi connectivity index (χ1v) is 7.48. The van der Waals surface area contributed by atoms with Gasteiger partial charge in [0.05, 0.1) is 7.11 Å². The number of ketones is 1. The fourth-order valence-electron chi connectivity index (χ4n) is 2.18. The van der Waals surface area contributed by atoms with Crippen molar-refractivity contribution in [1.29, 1.82) is 0 Å². The lowest BCUT2D eigenvalue weighted by Crippen LogP contribution is -1.92. The fourth-order valence-corrected chi connectivity index (χ4v) is 3.13. The highest BCUT2D eigenvalue weighted by molar-refractivity contribution is 7.17. The van der Waals surface area contributed by atoms with E-state index in [0.29, 0.717) is 0 Å². The molecule has 0 saturated heterocycles. The first kappa shape index (κ1) is 13.6. The molecule has 2 aromatic carbocycles. The zero-order chi connectivity index (χ0) is 14.7. The van der Waals surface area contributed by atoms with Gasteiger partial charge in [0.15, 0.2) is 5.78 Å². The standard InChI is InChI=1S/C18H14O2S/c1-20-14-6-4-5-13(11-14)9-10-17(19)16-12-21-18-8-3-2-7-15(16)18/h2-12H,1H3/b10-9+. The molecule has 0 saturated carbocycles. The normalized spacial score (nSPS) is 11.1. The van der Waals surface area contributed by atoms with Gasteiger partial charge in [-0.25, -0.2) is 0 Å². The minimum Gasteiger partial charge on any atom is -0.497 e. The molecule has 0 bridgehead atoms. The van der Waals surface area contributed by atoms with Crippen LogP contribution in [0, 0.1) is 0 Å². The number of benzene rings is 2. The summed E-state index contributed by atoms with van der Waals surface area (Å²) in [6.07, 6.45) is 3.43. The van der Waals surface area contributed by atoms with Gasteiger partial charge < -0.3 is 4.74 Å². The summed E-state index contributed by atoms with van der Waals surface area (Å²) in [6, 6.07) is 15.6. The van der Waals surface area contributed by atoms with Crippen LogP contribution in [0.4, 0.5) is 0 Å². The van der Waals surface area contributed by atoms with Crippen molar-refractivity contribution >= 4 is 33.3 Å². The number of ether oxygens (including phenoxy) is 1. The largest absolute Gasteiger partial charge is 0.497 e. The van der Waals surface area contributed by atoms with Gasteiger partial charge in [0, 0.05) is 21.0 Å². The Bertz CT molecular complexity index is 815. The van der Waals surface area contributed by atoms with Crippen molar-refractivity contribution in [1.82, 2.24) is 0 Å². The number of thiophene rings is 1. The Hall–Kier alpha value is -2.39. The van der Waals surface area contributed by atoms with Crippen molar-refractivity contribution in [2.24, 2.45) is 0 Å². The average molecular weight is 294 g/mol. The van der Waals surface area contributed by atoms with Crippen LogP contribution in [0.15, 0.2) is 60.0 Å². The van der Waals surface area contributed by atoms with Gasteiger partial charge in [-0.2, -0.15) is 0 Å². The second-order valence-electron chi connectivity index (χ2n) is 4.62. The number of hydrogen-bond donors (Lipinski definition) is 0. The Morgan fingerprint density at radius 2 is 2.00 bits per heavy atom. The first-order chi connectivity index (χ1) is 10.3. The van der Waals surface area contributed by atoms with E-state index in [1.54, 1.807) is 24.5 Å². The van der Waals surface area contributed by atoms with Crippen molar-refractivity contribution in [2.45, 2.75) is 0 Å². The SMILES string of the molecule is COc1cccc(/C=C/C(=O)c2csc3ccccc23)c1. The van der Waals surface area contributed by atoms with Gasteiger partial charge in [-0.3, -0.25) is 4.79 Å². The zero-order valence-corrected chi connectivity index (χ0v) is 12.4. The summed E-state index contributed by atoms with van der Waals surface area (Å²) >= 11 is 1.60. The van der Waals surface area contributed by atoms with Gasteiger partial charge in [-0.05, 0) is 29.8 Å². The van der Waals surface area contributed by atoms with Crippen LogP contribution in [0.2, 0.25) is 0 Å². The average Bonchev–Trinajstić information content (AvgIpc) is 2.97. The van der Waals surface area contributed by atoms with E-state index in [2.05, 4.69) is 0 Å². The van der Waals surface area contributed by atoms with Crippen LogP contribution in [0.5, 0.6) is 5.75 Å². The number of hydrogen-bond acceptors (Lipinski definition) is 3. The molecule has 3 rings (SSSR count).